The lowest BCUT2D eigenvalue weighted by Crippen LogP contribution is -2.28. The molecule has 0 aliphatic heterocycles. The molecule has 2 heteroatoms. The molecular formula is C12H16NO. The van der Waals surface area contributed by atoms with Crippen molar-refractivity contribution in [2.24, 2.45) is 5.73 Å². The molecule has 0 bridgehead atoms. The molecule has 1 aromatic carbocycles. The Morgan fingerprint density at radius 2 is 2.21 bits per heavy atom. The molecule has 0 amide bonds. The van der Waals surface area contributed by atoms with Gasteiger partial charge in [-0.2, -0.15) is 0 Å². The standard InChI is InChI=1S/C12H16NO/c1-12(2,13)8-7-10-5-4-6-11(9-10)14-3/h4-5,7-9H,13H2,1-3H3/b8-7+. The summed E-state index contributed by atoms with van der Waals surface area (Å²) in [4.78, 5) is 0. The average Bonchev–Trinajstić information content (AvgIpc) is 2.14. The van der Waals surface area contributed by atoms with Gasteiger partial charge in [0.05, 0.1) is 7.11 Å². The number of benzene rings is 1. The highest BCUT2D eigenvalue weighted by Gasteiger charge is 2.03. The number of nitrogens with two attached hydrogens (primary N) is 1. The zero-order valence-electron chi connectivity index (χ0n) is 8.87. The maximum absolute atomic E-state index is 5.83. The van der Waals surface area contributed by atoms with Gasteiger partial charge in [-0.05, 0) is 31.5 Å². The lowest BCUT2D eigenvalue weighted by molar-refractivity contribution is 0.414. The molecule has 1 aromatic rings. The van der Waals surface area contributed by atoms with Crippen molar-refractivity contribution in [2.45, 2.75) is 19.4 Å². The fourth-order valence-electron chi connectivity index (χ4n) is 0.994. The molecule has 0 atom stereocenters. The van der Waals surface area contributed by atoms with Gasteiger partial charge in [-0.1, -0.05) is 18.2 Å². The van der Waals surface area contributed by atoms with E-state index in [9.17, 15) is 0 Å². The molecule has 0 heterocycles. The molecular weight excluding hydrogens is 174 g/mol. The number of rotatable bonds is 3. The number of methoxy groups -OCH3 is 1. The Balaban J connectivity index is 2.82. The van der Waals surface area contributed by atoms with Crippen LogP contribution in [0.15, 0.2) is 24.3 Å². The molecule has 0 unspecified atom stereocenters. The second kappa shape index (κ2) is 4.29. The van der Waals surface area contributed by atoms with E-state index in [1.54, 1.807) is 7.11 Å². The van der Waals surface area contributed by atoms with Gasteiger partial charge in [0.2, 0.25) is 0 Å². The first-order valence-electron chi connectivity index (χ1n) is 4.55. The Labute approximate surface area is 85.4 Å². The van der Waals surface area contributed by atoms with Gasteiger partial charge in [-0.15, -0.1) is 0 Å². The molecule has 14 heavy (non-hydrogen) atoms. The molecule has 75 valence electrons. The molecule has 0 aliphatic rings. The van der Waals surface area contributed by atoms with Crippen LogP contribution in [0.1, 0.15) is 19.4 Å². The molecule has 0 saturated heterocycles. The van der Waals surface area contributed by atoms with Crippen molar-refractivity contribution >= 4 is 6.08 Å². The van der Waals surface area contributed by atoms with Crippen molar-refractivity contribution in [3.05, 3.63) is 35.9 Å². The molecule has 0 aliphatic carbocycles. The van der Waals surface area contributed by atoms with Crippen LogP contribution in [0, 0.1) is 6.07 Å². The summed E-state index contributed by atoms with van der Waals surface area (Å²) in [5, 5.41) is 0. The van der Waals surface area contributed by atoms with Crippen LogP contribution in [0.2, 0.25) is 0 Å². The van der Waals surface area contributed by atoms with Gasteiger partial charge < -0.3 is 10.5 Å². The van der Waals surface area contributed by atoms with Gasteiger partial charge in [0.1, 0.15) is 5.75 Å². The summed E-state index contributed by atoms with van der Waals surface area (Å²) in [5.74, 6) is 0.738. The van der Waals surface area contributed by atoms with Gasteiger partial charge in [0, 0.05) is 11.6 Å². The summed E-state index contributed by atoms with van der Waals surface area (Å²) in [7, 11) is 1.63. The molecule has 2 nitrogen and oxygen atoms in total. The van der Waals surface area contributed by atoms with Crippen LogP contribution in [0.25, 0.3) is 6.08 Å². The number of hydrogen-bond acceptors (Lipinski definition) is 2. The highest BCUT2D eigenvalue weighted by atomic mass is 16.5. The minimum atomic E-state index is -0.285. The van der Waals surface area contributed by atoms with E-state index in [2.05, 4.69) is 6.07 Å². The van der Waals surface area contributed by atoms with Crippen LogP contribution in [-0.2, 0) is 0 Å². The first-order valence-corrected chi connectivity index (χ1v) is 4.55. The summed E-state index contributed by atoms with van der Waals surface area (Å²) >= 11 is 0. The molecule has 1 rings (SSSR count). The van der Waals surface area contributed by atoms with Crippen molar-refractivity contribution in [3.63, 3.8) is 0 Å². The van der Waals surface area contributed by atoms with E-state index in [1.807, 2.05) is 44.2 Å². The smallest absolute Gasteiger partial charge is 0.127 e. The normalized spacial score (nSPS) is 12.0. The Morgan fingerprint density at radius 1 is 1.50 bits per heavy atom. The summed E-state index contributed by atoms with van der Waals surface area (Å²) in [6, 6.07) is 8.69. The predicted molar refractivity (Wildman–Crippen MR) is 59.1 cm³/mol. The van der Waals surface area contributed by atoms with E-state index in [0.717, 1.165) is 11.3 Å². The molecule has 2 N–H and O–H groups in total. The Morgan fingerprint density at radius 3 is 2.79 bits per heavy atom. The third-order valence-electron chi connectivity index (χ3n) is 1.72. The SMILES string of the molecule is COc1[c]ccc(/C=C/C(C)(C)N)c1. The molecule has 1 radical (unpaired) electrons. The quantitative estimate of drug-likeness (QED) is 0.793. The average molecular weight is 190 g/mol. The first kappa shape index (κ1) is 10.8. The first-order chi connectivity index (χ1) is 6.51. The molecule has 0 aromatic heterocycles. The minimum absolute atomic E-state index is 0.285. The highest BCUT2D eigenvalue weighted by Crippen LogP contribution is 2.14. The zero-order chi connectivity index (χ0) is 10.6. The zero-order valence-corrected chi connectivity index (χ0v) is 8.87. The summed E-state index contributed by atoms with van der Waals surface area (Å²) in [6.07, 6.45) is 3.94. The van der Waals surface area contributed by atoms with E-state index in [4.69, 9.17) is 10.5 Å². The van der Waals surface area contributed by atoms with E-state index in [-0.39, 0.29) is 5.54 Å². The van der Waals surface area contributed by atoms with E-state index in [0.29, 0.717) is 0 Å². The lowest BCUT2D eigenvalue weighted by atomic mass is 10.0. The third-order valence-corrected chi connectivity index (χ3v) is 1.72. The van der Waals surface area contributed by atoms with Gasteiger partial charge in [0.15, 0.2) is 0 Å². The fourth-order valence-corrected chi connectivity index (χ4v) is 0.994. The summed E-state index contributed by atoms with van der Waals surface area (Å²) < 4.78 is 5.07. The van der Waals surface area contributed by atoms with Crippen molar-refractivity contribution in [1.29, 1.82) is 0 Å². The fraction of sp³-hybridized carbons (Fsp3) is 0.333. The van der Waals surface area contributed by atoms with Gasteiger partial charge in [-0.25, -0.2) is 0 Å². The van der Waals surface area contributed by atoms with Crippen LogP contribution >= 0.6 is 0 Å². The van der Waals surface area contributed by atoms with E-state index < -0.39 is 0 Å². The minimum Gasteiger partial charge on any atom is -0.496 e. The monoisotopic (exact) mass is 190 g/mol. The topological polar surface area (TPSA) is 35.2 Å². The summed E-state index contributed by atoms with van der Waals surface area (Å²) in [6.45, 7) is 3.91. The van der Waals surface area contributed by atoms with Crippen molar-refractivity contribution in [1.82, 2.24) is 0 Å². The van der Waals surface area contributed by atoms with Gasteiger partial charge >= 0.3 is 0 Å². The van der Waals surface area contributed by atoms with Crippen LogP contribution in [0.5, 0.6) is 5.75 Å². The van der Waals surface area contributed by atoms with E-state index in [1.165, 1.54) is 0 Å². The summed E-state index contributed by atoms with van der Waals surface area (Å²) in [5.41, 5.74) is 6.61. The Bertz CT molecular complexity index is 323. The molecule has 0 fully saturated rings. The molecule has 0 saturated carbocycles. The van der Waals surface area contributed by atoms with Crippen LogP contribution in [-0.4, -0.2) is 12.6 Å². The Hall–Kier alpha value is -1.28. The van der Waals surface area contributed by atoms with Crippen LogP contribution < -0.4 is 10.5 Å². The lowest BCUT2D eigenvalue weighted by Gasteiger charge is -2.11. The second-order valence-corrected chi connectivity index (χ2v) is 3.85. The van der Waals surface area contributed by atoms with Crippen molar-refractivity contribution < 1.29 is 4.74 Å². The van der Waals surface area contributed by atoms with Crippen molar-refractivity contribution in [2.75, 3.05) is 7.11 Å². The number of hydrogen-bond donors (Lipinski definition) is 1. The second-order valence-electron chi connectivity index (χ2n) is 3.85. The Kier molecular flexibility index (Phi) is 3.31. The number of ether oxygens (including phenoxy) is 1. The third kappa shape index (κ3) is 3.62. The van der Waals surface area contributed by atoms with Crippen molar-refractivity contribution in [3.8, 4) is 5.75 Å². The van der Waals surface area contributed by atoms with Crippen LogP contribution in [0.4, 0.5) is 0 Å². The van der Waals surface area contributed by atoms with Gasteiger partial charge in [-0.3, -0.25) is 0 Å². The molecule has 0 spiro atoms. The maximum atomic E-state index is 5.83. The maximum Gasteiger partial charge on any atom is 0.127 e. The van der Waals surface area contributed by atoms with Gasteiger partial charge in [0.25, 0.3) is 0 Å². The predicted octanol–water partition coefficient (Wildman–Crippen LogP) is 2.25. The highest BCUT2D eigenvalue weighted by molar-refractivity contribution is 5.52. The van der Waals surface area contributed by atoms with Crippen LogP contribution in [0.3, 0.4) is 0 Å². The largest absolute Gasteiger partial charge is 0.496 e. The van der Waals surface area contributed by atoms with E-state index >= 15 is 0 Å².